The molecule has 0 aromatic heterocycles. The number of allylic oxidation sites excluding steroid dienone is 28. The lowest BCUT2D eigenvalue weighted by atomic mass is 10.1. The average Bonchev–Trinajstić information content (AvgIpc) is 3.44. The molecule has 0 aliphatic heterocycles. The van der Waals surface area contributed by atoms with Crippen LogP contribution in [0.25, 0.3) is 0 Å². The second kappa shape index (κ2) is 60.7. The number of quaternary nitrogens is 1. The summed E-state index contributed by atoms with van der Waals surface area (Å²) in [4.78, 5) is 37.5. The van der Waals surface area contributed by atoms with Gasteiger partial charge < -0.3 is 28.5 Å². The fourth-order valence-corrected chi connectivity index (χ4v) is 7.74. The van der Waals surface area contributed by atoms with E-state index in [1.54, 1.807) is 0 Å². The van der Waals surface area contributed by atoms with Crippen LogP contribution in [0.2, 0.25) is 0 Å². The topological polar surface area (TPSA) is 108 Å². The second-order valence-corrected chi connectivity index (χ2v) is 21.2. The highest BCUT2D eigenvalue weighted by molar-refractivity contribution is 5.71. The third-order valence-electron chi connectivity index (χ3n) is 12.5. The van der Waals surface area contributed by atoms with Crippen molar-refractivity contribution in [2.45, 2.75) is 219 Å². The zero-order chi connectivity index (χ0) is 59.1. The summed E-state index contributed by atoms with van der Waals surface area (Å²) in [5.41, 5.74) is 0. The van der Waals surface area contributed by atoms with Crippen LogP contribution in [0.15, 0.2) is 170 Å². The average molecular weight is 1120 g/mol. The van der Waals surface area contributed by atoms with Gasteiger partial charge in [-0.1, -0.05) is 235 Å². The first-order valence-electron chi connectivity index (χ1n) is 31.3. The second-order valence-electron chi connectivity index (χ2n) is 21.2. The van der Waals surface area contributed by atoms with Gasteiger partial charge in [0.2, 0.25) is 0 Å². The molecular weight excluding hydrogens is 1010 g/mol. The maximum absolute atomic E-state index is 12.9. The van der Waals surface area contributed by atoms with Crippen LogP contribution in [0.4, 0.5) is 0 Å². The molecule has 0 spiro atoms. The van der Waals surface area contributed by atoms with E-state index in [2.05, 4.69) is 184 Å². The summed E-state index contributed by atoms with van der Waals surface area (Å²) in [5.74, 6) is -2.08. The first kappa shape index (κ1) is 75.7. The van der Waals surface area contributed by atoms with Gasteiger partial charge in [0.15, 0.2) is 6.10 Å². The van der Waals surface area contributed by atoms with E-state index in [0.717, 1.165) is 141 Å². The van der Waals surface area contributed by atoms with Crippen molar-refractivity contribution in [3.05, 3.63) is 170 Å². The van der Waals surface area contributed by atoms with Crippen molar-refractivity contribution < 1.29 is 42.9 Å². The Kier molecular flexibility index (Phi) is 56.7. The van der Waals surface area contributed by atoms with Crippen molar-refractivity contribution in [2.75, 3.05) is 47.5 Å². The minimum atomic E-state index is -1.53. The van der Waals surface area contributed by atoms with Gasteiger partial charge >= 0.3 is 17.9 Å². The van der Waals surface area contributed by atoms with Crippen molar-refractivity contribution >= 4 is 17.9 Å². The molecule has 1 N–H and O–H groups in total. The number of carboxylic acids is 1. The number of unbranched alkanes of at least 4 members (excludes halogenated alkanes) is 12. The van der Waals surface area contributed by atoms with Gasteiger partial charge in [0.05, 0.1) is 34.4 Å². The highest BCUT2D eigenvalue weighted by Gasteiger charge is 2.25. The van der Waals surface area contributed by atoms with Crippen molar-refractivity contribution in [1.82, 2.24) is 0 Å². The molecule has 0 bridgehead atoms. The van der Waals surface area contributed by atoms with Crippen molar-refractivity contribution in [2.24, 2.45) is 0 Å². The summed E-state index contributed by atoms with van der Waals surface area (Å²) < 4.78 is 22.9. The Morgan fingerprint density at radius 3 is 1.00 bits per heavy atom. The van der Waals surface area contributed by atoms with E-state index in [0.29, 0.717) is 17.4 Å². The van der Waals surface area contributed by atoms with Gasteiger partial charge in [-0.15, -0.1) is 0 Å². The SMILES string of the molecule is CC/C=C\C/C=C\C/C=C\C/C=C\C/C=C\C/C=C\C/C=C\C/C=C\C/C=C\CCCCCC(=O)OC(COC(=O)CCCCCCCCCCC/C=C\C/C=C\C/C=C\C/C=C\C/C=C\CC)COC(OCC[N+](C)(C)C)C(=O)O. The van der Waals surface area contributed by atoms with Gasteiger partial charge in [-0.2, -0.15) is 0 Å². The molecule has 0 rings (SSSR count). The highest BCUT2D eigenvalue weighted by Crippen LogP contribution is 2.14. The van der Waals surface area contributed by atoms with Gasteiger partial charge in [-0.25, -0.2) is 4.79 Å². The van der Waals surface area contributed by atoms with Crippen molar-refractivity contribution in [3.8, 4) is 0 Å². The number of carbonyl (C=O) groups excluding carboxylic acids is 2. The molecule has 0 aliphatic rings. The maximum atomic E-state index is 12.9. The number of ether oxygens (including phenoxy) is 4. The largest absolute Gasteiger partial charge is 0.477 e. The van der Waals surface area contributed by atoms with Gasteiger partial charge in [0.1, 0.15) is 13.2 Å². The molecule has 0 aliphatic carbocycles. The maximum Gasteiger partial charge on any atom is 0.361 e. The Morgan fingerprint density at radius 1 is 0.370 bits per heavy atom. The van der Waals surface area contributed by atoms with Crippen LogP contribution in [-0.2, 0) is 33.3 Å². The highest BCUT2D eigenvalue weighted by atomic mass is 16.7. The Morgan fingerprint density at radius 2 is 0.667 bits per heavy atom. The number of hydrogen-bond acceptors (Lipinski definition) is 7. The fraction of sp³-hybridized carbons (Fsp3) is 0.569. The lowest BCUT2D eigenvalue weighted by molar-refractivity contribution is -0.870. The molecule has 0 amide bonds. The molecule has 0 heterocycles. The zero-order valence-corrected chi connectivity index (χ0v) is 51.6. The fourth-order valence-electron chi connectivity index (χ4n) is 7.74. The van der Waals surface area contributed by atoms with Crippen LogP contribution in [0.5, 0.6) is 0 Å². The summed E-state index contributed by atoms with van der Waals surface area (Å²) in [5, 5.41) is 9.72. The normalized spacial score (nSPS) is 13.9. The Labute approximate surface area is 495 Å². The Hall–Kier alpha value is -5.35. The molecule has 0 saturated heterocycles. The van der Waals surface area contributed by atoms with Crippen molar-refractivity contribution in [3.63, 3.8) is 0 Å². The molecule has 0 saturated carbocycles. The minimum Gasteiger partial charge on any atom is -0.477 e. The number of likely N-dealkylation sites (N-methyl/N-ethyl adjacent to an activating group) is 1. The Bertz CT molecular complexity index is 1930. The molecule has 0 aromatic rings. The minimum absolute atomic E-state index is 0.169. The van der Waals surface area contributed by atoms with Gasteiger partial charge in [0, 0.05) is 12.8 Å². The summed E-state index contributed by atoms with van der Waals surface area (Å²) in [6.07, 6.45) is 88.6. The van der Waals surface area contributed by atoms with Gasteiger partial charge in [0.25, 0.3) is 6.29 Å². The first-order valence-corrected chi connectivity index (χ1v) is 31.3. The van der Waals surface area contributed by atoms with Crippen LogP contribution in [0.1, 0.15) is 206 Å². The number of rotatable bonds is 55. The third kappa shape index (κ3) is 62.1. The summed E-state index contributed by atoms with van der Waals surface area (Å²) in [7, 11) is 5.94. The first-order chi connectivity index (χ1) is 39.6. The molecular formula is C72H114NO8+. The number of carbonyl (C=O) groups is 3. The van der Waals surface area contributed by atoms with E-state index in [4.69, 9.17) is 18.9 Å². The number of nitrogens with zero attached hydrogens (tertiary/aromatic N) is 1. The van der Waals surface area contributed by atoms with Crippen LogP contribution >= 0.6 is 0 Å². The van der Waals surface area contributed by atoms with Crippen LogP contribution in [0, 0.1) is 0 Å². The molecule has 81 heavy (non-hydrogen) atoms. The summed E-state index contributed by atoms with van der Waals surface area (Å²) in [6, 6.07) is 0. The van der Waals surface area contributed by atoms with Gasteiger partial charge in [-0.05, 0) is 128 Å². The number of esters is 2. The quantitative estimate of drug-likeness (QED) is 0.0211. The van der Waals surface area contributed by atoms with Crippen LogP contribution in [0.3, 0.4) is 0 Å². The summed E-state index contributed by atoms with van der Waals surface area (Å²) in [6.45, 7) is 4.57. The van der Waals surface area contributed by atoms with E-state index < -0.39 is 24.3 Å². The zero-order valence-electron chi connectivity index (χ0n) is 51.6. The van der Waals surface area contributed by atoms with Crippen LogP contribution < -0.4 is 0 Å². The van der Waals surface area contributed by atoms with E-state index >= 15 is 0 Å². The molecule has 454 valence electrons. The Balaban J connectivity index is 4.35. The molecule has 9 nitrogen and oxygen atoms in total. The van der Waals surface area contributed by atoms with E-state index in [1.807, 2.05) is 21.1 Å². The molecule has 0 aromatic carbocycles. The van der Waals surface area contributed by atoms with Gasteiger partial charge in [-0.3, -0.25) is 9.59 Å². The van der Waals surface area contributed by atoms with Crippen molar-refractivity contribution in [1.29, 1.82) is 0 Å². The summed E-state index contributed by atoms with van der Waals surface area (Å²) >= 11 is 0. The third-order valence-corrected chi connectivity index (χ3v) is 12.5. The molecule has 0 radical (unpaired) electrons. The number of hydrogen-bond donors (Lipinski definition) is 1. The van der Waals surface area contributed by atoms with E-state index in [-0.39, 0.29) is 38.6 Å². The number of carboxylic acid groups (broad SMARTS) is 1. The van der Waals surface area contributed by atoms with E-state index in [1.165, 1.54) is 32.1 Å². The number of aliphatic carboxylic acids is 1. The van der Waals surface area contributed by atoms with E-state index in [9.17, 15) is 19.5 Å². The lowest BCUT2D eigenvalue weighted by Gasteiger charge is -2.25. The molecule has 0 fully saturated rings. The lowest BCUT2D eigenvalue weighted by Crippen LogP contribution is -2.40. The van der Waals surface area contributed by atoms with Crippen LogP contribution in [-0.4, -0.2) is 87.4 Å². The molecule has 2 atom stereocenters. The predicted molar refractivity (Wildman–Crippen MR) is 345 cm³/mol. The standard InChI is InChI=1S/C72H113NO8/c1-6-8-10-12-14-16-18-20-22-24-26-28-30-32-33-34-35-36-37-39-41-43-45-47-49-51-53-55-57-59-61-63-70(75)81-68(67-80-72(71(76)77)78-65-64-73(3,4)5)66-79-69(74)62-60-58-56-54-52-50-48-46-44-42-40-38-31-29-27-25-23-21-19-17-15-13-11-9-7-2/h8-11,14-17,20-23,26-29,32-33,35-36,38-41,45,47,51,53,68,72H,6-7,12-13,18-19,24-25,30-31,34,37,42-44,46,48-50,52,54-67H2,1-5H3/p+1/b10-8-,11-9-,16-14-,17-15-,22-20-,23-21-,28-26-,29-27-,33-32-,36-35-,40-38-,41-39-,47-45-,53-51-. The smallest absolute Gasteiger partial charge is 0.361 e. The molecule has 2 unspecified atom stereocenters. The monoisotopic (exact) mass is 1120 g/mol. The molecule has 9 heteroatoms. The predicted octanol–water partition coefficient (Wildman–Crippen LogP) is 19.1.